The molecule has 28 heavy (non-hydrogen) atoms. The zero-order valence-corrected chi connectivity index (χ0v) is 16.4. The fraction of sp³-hybridized carbons (Fsp3) is 0.158. The Labute approximate surface area is 170 Å². The van der Waals surface area contributed by atoms with Crippen molar-refractivity contribution in [2.45, 2.75) is 24.5 Å². The van der Waals surface area contributed by atoms with E-state index in [-0.39, 0.29) is 6.61 Å². The van der Waals surface area contributed by atoms with Crippen LogP contribution in [0.3, 0.4) is 0 Å². The number of rotatable bonds is 7. The molecular formula is C19H15ClN4O3S. The molecule has 0 aliphatic carbocycles. The molecule has 0 saturated heterocycles. The van der Waals surface area contributed by atoms with Gasteiger partial charge in [-0.2, -0.15) is 4.98 Å². The second-order valence-electron chi connectivity index (χ2n) is 5.88. The van der Waals surface area contributed by atoms with E-state index in [0.717, 1.165) is 16.9 Å². The molecule has 0 amide bonds. The quantitative estimate of drug-likeness (QED) is 0.392. The van der Waals surface area contributed by atoms with Crippen LogP contribution in [0.25, 0.3) is 11.5 Å². The van der Waals surface area contributed by atoms with E-state index in [0.29, 0.717) is 33.6 Å². The highest BCUT2D eigenvalue weighted by molar-refractivity contribution is 7.98. The predicted molar refractivity (Wildman–Crippen MR) is 104 cm³/mol. The van der Waals surface area contributed by atoms with E-state index in [2.05, 4.69) is 20.3 Å². The van der Waals surface area contributed by atoms with Gasteiger partial charge < -0.3 is 13.7 Å². The van der Waals surface area contributed by atoms with E-state index in [4.69, 9.17) is 25.3 Å². The van der Waals surface area contributed by atoms with Gasteiger partial charge in [0.2, 0.25) is 0 Å². The first-order valence-electron chi connectivity index (χ1n) is 8.39. The van der Waals surface area contributed by atoms with Gasteiger partial charge in [-0.25, -0.2) is 0 Å². The monoisotopic (exact) mass is 414 g/mol. The van der Waals surface area contributed by atoms with Gasteiger partial charge in [-0.15, -0.1) is 10.2 Å². The summed E-state index contributed by atoms with van der Waals surface area (Å²) in [6.07, 6.45) is 0. The van der Waals surface area contributed by atoms with Crippen molar-refractivity contribution >= 4 is 23.4 Å². The molecule has 0 aliphatic rings. The first kappa shape index (κ1) is 18.5. The minimum absolute atomic E-state index is 0.208. The largest absolute Gasteiger partial charge is 0.484 e. The van der Waals surface area contributed by atoms with Crippen LogP contribution in [-0.4, -0.2) is 20.3 Å². The van der Waals surface area contributed by atoms with Gasteiger partial charge in [-0.1, -0.05) is 40.7 Å². The van der Waals surface area contributed by atoms with Gasteiger partial charge >= 0.3 is 0 Å². The highest BCUT2D eigenvalue weighted by Gasteiger charge is 2.12. The van der Waals surface area contributed by atoms with Crippen molar-refractivity contribution in [3.8, 4) is 17.2 Å². The zero-order chi connectivity index (χ0) is 19.3. The van der Waals surface area contributed by atoms with Gasteiger partial charge in [0, 0.05) is 10.6 Å². The molecule has 2 aromatic carbocycles. The predicted octanol–water partition coefficient (Wildman–Crippen LogP) is 4.95. The lowest BCUT2D eigenvalue weighted by Gasteiger charge is -2.03. The molecular weight excluding hydrogens is 400 g/mol. The average Bonchev–Trinajstić information content (AvgIpc) is 3.35. The first-order chi connectivity index (χ1) is 13.7. The van der Waals surface area contributed by atoms with Crippen molar-refractivity contribution in [3.63, 3.8) is 0 Å². The summed E-state index contributed by atoms with van der Waals surface area (Å²) in [5.74, 6) is 2.57. The van der Waals surface area contributed by atoms with Gasteiger partial charge in [0.05, 0.1) is 5.75 Å². The van der Waals surface area contributed by atoms with Crippen LogP contribution in [0.15, 0.2) is 62.7 Å². The van der Waals surface area contributed by atoms with Crippen molar-refractivity contribution in [2.24, 2.45) is 0 Å². The number of thioether (sulfide) groups is 1. The van der Waals surface area contributed by atoms with Gasteiger partial charge in [0.15, 0.2) is 12.4 Å². The number of hydrogen-bond acceptors (Lipinski definition) is 8. The molecule has 0 aliphatic heterocycles. The Bertz CT molecular complexity index is 1060. The molecule has 2 heterocycles. The second kappa shape index (κ2) is 8.45. The molecule has 0 atom stereocenters. The normalized spacial score (nSPS) is 10.9. The fourth-order valence-corrected chi connectivity index (χ4v) is 3.10. The van der Waals surface area contributed by atoms with Crippen LogP contribution < -0.4 is 4.74 Å². The molecule has 7 nitrogen and oxygen atoms in total. The van der Waals surface area contributed by atoms with E-state index >= 15 is 0 Å². The average molecular weight is 415 g/mol. The lowest BCUT2D eigenvalue weighted by atomic mass is 10.2. The number of hydrogen-bond donors (Lipinski definition) is 0. The van der Waals surface area contributed by atoms with Crippen LogP contribution >= 0.6 is 23.4 Å². The molecule has 142 valence electrons. The number of aromatic nitrogens is 4. The number of halogens is 1. The summed E-state index contributed by atoms with van der Waals surface area (Å²) in [5, 5.41) is 13.0. The third kappa shape index (κ3) is 4.71. The molecule has 2 aromatic heterocycles. The molecule has 4 rings (SSSR count). The number of benzene rings is 2. The standard InChI is InChI=1S/C19H15ClN4O3S/c1-12-3-2-4-15(9-12)25-10-17-22-23-19(26-17)28-11-16-21-18(27-24-16)13-5-7-14(20)8-6-13/h2-9H,10-11H2,1H3. The van der Waals surface area contributed by atoms with Crippen LogP contribution in [0.4, 0.5) is 0 Å². The minimum Gasteiger partial charge on any atom is -0.484 e. The van der Waals surface area contributed by atoms with Crippen molar-refractivity contribution in [1.82, 2.24) is 20.3 Å². The van der Waals surface area contributed by atoms with Crippen LogP contribution in [0, 0.1) is 6.92 Å². The van der Waals surface area contributed by atoms with Crippen molar-refractivity contribution < 1.29 is 13.7 Å². The summed E-state index contributed by atoms with van der Waals surface area (Å²) in [6, 6.07) is 15.0. The van der Waals surface area contributed by atoms with Crippen LogP contribution in [0.5, 0.6) is 5.75 Å². The summed E-state index contributed by atoms with van der Waals surface area (Å²) in [4.78, 5) is 4.36. The third-order valence-corrected chi connectivity index (χ3v) is 4.75. The van der Waals surface area contributed by atoms with Crippen LogP contribution in [0.1, 0.15) is 17.3 Å². The molecule has 0 unspecified atom stereocenters. The summed E-state index contributed by atoms with van der Waals surface area (Å²) < 4.78 is 16.5. The van der Waals surface area contributed by atoms with E-state index in [1.165, 1.54) is 11.8 Å². The molecule has 0 spiro atoms. The van der Waals surface area contributed by atoms with Gasteiger partial charge in [-0.3, -0.25) is 0 Å². The molecule has 4 aromatic rings. The maximum absolute atomic E-state index is 5.89. The van der Waals surface area contributed by atoms with Crippen molar-refractivity contribution in [1.29, 1.82) is 0 Å². The minimum atomic E-state index is 0.208. The molecule has 0 saturated carbocycles. The number of ether oxygens (including phenoxy) is 1. The molecule has 0 N–H and O–H groups in total. The topological polar surface area (TPSA) is 87.1 Å². The second-order valence-corrected chi connectivity index (χ2v) is 7.24. The third-order valence-electron chi connectivity index (χ3n) is 3.68. The van der Waals surface area contributed by atoms with Crippen LogP contribution in [-0.2, 0) is 12.4 Å². The van der Waals surface area contributed by atoms with Crippen molar-refractivity contribution in [3.05, 3.63) is 70.8 Å². The Morgan fingerprint density at radius 3 is 2.79 bits per heavy atom. The maximum Gasteiger partial charge on any atom is 0.277 e. The Hall–Kier alpha value is -2.84. The Morgan fingerprint density at radius 2 is 1.96 bits per heavy atom. The van der Waals surface area contributed by atoms with E-state index in [1.54, 1.807) is 12.1 Å². The molecule has 9 heteroatoms. The number of nitrogens with zero attached hydrogens (tertiary/aromatic N) is 4. The van der Waals surface area contributed by atoms with Gasteiger partial charge in [0.25, 0.3) is 17.0 Å². The maximum atomic E-state index is 5.89. The summed E-state index contributed by atoms with van der Waals surface area (Å²) >= 11 is 7.21. The summed E-state index contributed by atoms with van der Waals surface area (Å²) in [7, 11) is 0. The highest BCUT2D eigenvalue weighted by atomic mass is 35.5. The SMILES string of the molecule is Cc1cccc(OCc2nnc(SCc3noc(-c4ccc(Cl)cc4)n3)o2)c1. The van der Waals surface area contributed by atoms with E-state index < -0.39 is 0 Å². The highest BCUT2D eigenvalue weighted by Crippen LogP contribution is 2.24. The lowest BCUT2D eigenvalue weighted by Crippen LogP contribution is -1.95. The van der Waals surface area contributed by atoms with Crippen LogP contribution in [0.2, 0.25) is 5.02 Å². The lowest BCUT2D eigenvalue weighted by molar-refractivity contribution is 0.252. The summed E-state index contributed by atoms with van der Waals surface area (Å²) in [5.41, 5.74) is 1.93. The van der Waals surface area contributed by atoms with E-state index in [1.807, 2.05) is 43.3 Å². The smallest absolute Gasteiger partial charge is 0.277 e. The molecule has 0 radical (unpaired) electrons. The Morgan fingerprint density at radius 1 is 1.11 bits per heavy atom. The molecule has 0 fully saturated rings. The molecule has 0 bridgehead atoms. The summed E-state index contributed by atoms with van der Waals surface area (Å²) in [6.45, 7) is 2.21. The first-order valence-corrected chi connectivity index (χ1v) is 9.75. The fourth-order valence-electron chi connectivity index (χ4n) is 2.35. The Kier molecular flexibility index (Phi) is 5.59. The van der Waals surface area contributed by atoms with Gasteiger partial charge in [-0.05, 0) is 48.9 Å². The van der Waals surface area contributed by atoms with Gasteiger partial charge in [0.1, 0.15) is 5.75 Å². The Balaban J connectivity index is 1.31. The van der Waals surface area contributed by atoms with Crippen molar-refractivity contribution in [2.75, 3.05) is 0 Å². The number of aryl methyl sites for hydroxylation is 1. The zero-order valence-electron chi connectivity index (χ0n) is 14.8. The van der Waals surface area contributed by atoms with E-state index in [9.17, 15) is 0 Å².